The first-order chi connectivity index (χ1) is 9.49. The van der Waals surface area contributed by atoms with E-state index in [1.807, 2.05) is 24.7 Å². The highest BCUT2D eigenvalue weighted by Gasteiger charge is 2.17. The van der Waals surface area contributed by atoms with E-state index in [0.717, 1.165) is 4.88 Å². The number of ether oxygens (including phenoxy) is 1. The molecule has 6 nitrogen and oxygen atoms in total. The third kappa shape index (κ3) is 3.18. The van der Waals surface area contributed by atoms with E-state index in [1.54, 1.807) is 18.3 Å². The Morgan fingerprint density at radius 2 is 2.10 bits per heavy atom. The van der Waals surface area contributed by atoms with Gasteiger partial charge in [-0.15, -0.1) is 11.3 Å². The van der Waals surface area contributed by atoms with E-state index in [9.17, 15) is 9.59 Å². The SMILES string of the molecule is COC(=O)c1sc(C)cc1NC(=O)Nc1ccn(C)c1. The summed E-state index contributed by atoms with van der Waals surface area (Å²) in [7, 11) is 3.17. The fourth-order valence-corrected chi connectivity index (χ4v) is 2.60. The Morgan fingerprint density at radius 3 is 2.70 bits per heavy atom. The van der Waals surface area contributed by atoms with Crippen LogP contribution < -0.4 is 10.6 Å². The van der Waals surface area contributed by atoms with Crippen molar-refractivity contribution >= 4 is 34.7 Å². The second-order valence-electron chi connectivity index (χ2n) is 4.24. The molecular weight excluding hydrogens is 278 g/mol. The van der Waals surface area contributed by atoms with Crippen LogP contribution in [0.2, 0.25) is 0 Å². The molecular formula is C13H15N3O3S. The lowest BCUT2D eigenvalue weighted by atomic mass is 10.3. The minimum atomic E-state index is -0.460. The molecule has 2 amide bonds. The lowest BCUT2D eigenvalue weighted by Crippen LogP contribution is -2.20. The van der Waals surface area contributed by atoms with Gasteiger partial charge in [-0.3, -0.25) is 0 Å². The number of hydrogen-bond acceptors (Lipinski definition) is 4. The molecule has 7 heteroatoms. The highest BCUT2D eigenvalue weighted by Crippen LogP contribution is 2.27. The molecule has 0 spiro atoms. The number of urea groups is 1. The van der Waals surface area contributed by atoms with Crippen LogP contribution in [0.5, 0.6) is 0 Å². The van der Waals surface area contributed by atoms with Gasteiger partial charge >= 0.3 is 12.0 Å². The van der Waals surface area contributed by atoms with Gasteiger partial charge in [-0.1, -0.05) is 0 Å². The van der Waals surface area contributed by atoms with Crippen LogP contribution in [-0.2, 0) is 11.8 Å². The lowest BCUT2D eigenvalue weighted by Gasteiger charge is -2.06. The first-order valence-electron chi connectivity index (χ1n) is 5.88. The molecule has 0 atom stereocenters. The first-order valence-corrected chi connectivity index (χ1v) is 6.70. The van der Waals surface area contributed by atoms with Gasteiger partial charge in [0.05, 0.1) is 18.5 Å². The van der Waals surface area contributed by atoms with E-state index in [0.29, 0.717) is 16.3 Å². The Balaban J connectivity index is 2.09. The molecule has 2 aromatic heterocycles. The van der Waals surface area contributed by atoms with Crippen LogP contribution in [0, 0.1) is 6.92 Å². The Morgan fingerprint density at radius 1 is 1.35 bits per heavy atom. The number of nitrogens with zero attached hydrogens (tertiary/aromatic N) is 1. The van der Waals surface area contributed by atoms with Gasteiger partial charge in [-0.2, -0.15) is 0 Å². The van der Waals surface area contributed by atoms with Gasteiger partial charge < -0.3 is 19.9 Å². The number of esters is 1. The quantitative estimate of drug-likeness (QED) is 0.855. The van der Waals surface area contributed by atoms with E-state index < -0.39 is 12.0 Å². The summed E-state index contributed by atoms with van der Waals surface area (Å²) in [5, 5.41) is 5.34. The Labute approximate surface area is 120 Å². The third-order valence-corrected chi connectivity index (χ3v) is 3.59. The van der Waals surface area contributed by atoms with Crippen LogP contribution in [0.3, 0.4) is 0 Å². The molecule has 0 unspecified atom stereocenters. The van der Waals surface area contributed by atoms with Crippen LogP contribution in [0.25, 0.3) is 0 Å². The Kier molecular flexibility index (Phi) is 4.09. The first kappa shape index (κ1) is 14.1. The second kappa shape index (κ2) is 5.79. The number of carbonyl (C=O) groups excluding carboxylic acids is 2. The predicted octanol–water partition coefficient (Wildman–Crippen LogP) is 2.83. The molecule has 0 aromatic carbocycles. The molecule has 106 valence electrons. The molecule has 0 bridgehead atoms. The number of carbonyl (C=O) groups is 2. The summed E-state index contributed by atoms with van der Waals surface area (Å²) < 4.78 is 6.51. The van der Waals surface area contributed by atoms with Crippen molar-refractivity contribution in [1.29, 1.82) is 0 Å². The van der Waals surface area contributed by atoms with Gasteiger partial charge in [0, 0.05) is 24.3 Å². The molecule has 2 rings (SSSR count). The van der Waals surface area contributed by atoms with Crippen molar-refractivity contribution in [3.05, 3.63) is 34.3 Å². The maximum atomic E-state index is 11.9. The summed E-state index contributed by atoms with van der Waals surface area (Å²) in [4.78, 5) is 24.8. The fourth-order valence-electron chi connectivity index (χ4n) is 1.71. The summed E-state index contributed by atoms with van der Waals surface area (Å²) in [6.45, 7) is 1.86. The van der Waals surface area contributed by atoms with E-state index in [1.165, 1.54) is 18.4 Å². The Bertz CT molecular complexity index is 645. The molecule has 0 fully saturated rings. The summed E-state index contributed by atoms with van der Waals surface area (Å²) in [5.41, 5.74) is 1.13. The van der Waals surface area contributed by atoms with Crippen molar-refractivity contribution in [2.75, 3.05) is 17.7 Å². The number of methoxy groups -OCH3 is 1. The fraction of sp³-hybridized carbons (Fsp3) is 0.231. The van der Waals surface area contributed by atoms with E-state index in [2.05, 4.69) is 15.4 Å². The van der Waals surface area contributed by atoms with Crippen LogP contribution in [0.4, 0.5) is 16.2 Å². The molecule has 2 aromatic rings. The molecule has 0 saturated carbocycles. The summed E-state index contributed by atoms with van der Waals surface area (Å²) >= 11 is 1.28. The summed E-state index contributed by atoms with van der Waals surface area (Å²) in [6, 6.07) is 3.11. The van der Waals surface area contributed by atoms with E-state index in [-0.39, 0.29) is 0 Å². The number of amides is 2. The maximum Gasteiger partial charge on any atom is 0.350 e. The number of rotatable bonds is 3. The molecule has 0 radical (unpaired) electrons. The average Bonchev–Trinajstić information content (AvgIpc) is 2.94. The smallest absolute Gasteiger partial charge is 0.350 e. The predicted molar refractivity (Wildman–Crippen MR) is 78.4 cm³/mol. The highest BCUT2D eigenvalue weighted by molar-refractivity contribution is 7.14. The van der Waals surface area contributed by atoms with Gasteiger partial charge in [0.25, 0.3) is 0 Å². The van der Waals surface area contributed by atoms with Crippen LogP contribution >= 0.6 is 11.3 Å². The summed E-state index contributed by atoms with van der Waals surface area (Å²) in [6.07, 6.45) is 3.60. The molecule has 0 aliphatic carbocycles. The van der Waals surface area contributed by atoms with Crippen LogP contribution in [0.1, 0.15) is 14.5 Å². The monoisotopic (exact) mass is 293 g/mol. The zero-order valence-electron chi connectivity index (χ0n) is 11.4. The lowest BCUT2D eigenvalue weighted by molar-refractivity contribution is 0.0607. The maximum absolute atomic E-state index is 11.9. The zero-order chi connectivity index (χ0) is 14.7. The van der Waals surface area contributed by atoms with Gasteiger partial charge in [-0.05, 0) is 19.1 Å². The minimum Gasteiger partial charge on any atom is -0.465 e. The number of nitrogens with one attached hydrogen (secondary N) is 2. The van der Waals surface area contributed by atoms with E-state index >= 15 is 0 Å². The van der Waals surface area contributed by atoms with E-state index in [4.69, 9.17) is 0 Å². The molecule has 0 aliphatic heterocycles. The number of hydrogen-bond donors (Lipinski definition) is 2. The van der Waals surface area contributed by atoms with Gasteiger partial charge in [0.2, 0.25) is 0 Å². The molecule has 0 aliphatic rings. The molecule has 2 N–H and O–H groups in total. The van der Waals surface area contributed by atoms with Gasteiger partial charge in [0.1, 0.15) is 4.88 Å². The van der Waals surface area contributed by atoms with Crippen molar-refractivity contribution in [1.82, 2.24) is 4.57 Å². The van der Waals surface area contributed by atoms with Crippen molar-refractivity contribution < 1.29 is 14.3 Å². The van der Waals surface area contributed by atoms with Crippen molar-refractivity contribution in [3.8, 4) is 0 Å². The highest BCUT2D eigenvalue weighted by atomic mass is 32.1. The minimum absolute atomic E-state index is 0.383. The topological polar surface area (TPSA) is 72.4 Å². The van der Waals surface area contributed by atoms with Crippen molar-refractivity contribution in [3.63, 3.8) is 0 Å². The average molecular weight is 293 g/mol. The van der Waals surface area contributed by atoms with Crippen LogP contribution in [0.15, 0.2) is 24.5 Å². The number of aromatic nitrogens is 1. The zero-order valence-corrected chi connectivity index (χ0v) is 12.2. The molecule has 20 heavy (non-hydrogen) atoms. The number of aryl methyl sites for hydroxylation is 2. The Hall–Kier alpha value is -2.28. The molecule has 0 saturated heterocycles. The molecule has 2 heterocycles. The number of anilines is 2. The number of thiophene rings is 1. The second-order valence-corrected chi connectivity index (χ2v) is 5.49. The van der Waals surface area contributed by atoms with Crippen LogP contribution in [-0.4, -0.2) is 23.7 Å². The summed E-state index contributed by atoms with van der Waals surface area (Å²) in [5.74, 6) is -0.460. The third-order valence-electron chi connectivity index (χ3n) is 2.56. The largest absolute Gasteiger partial charge is 0.465 e. The standard InChI is InChI=1S/C13H15N3O3S/c1-8-6-10(11(20-8)12(17)19-3)15-13(18)14-9-4-5-16(2)7-9/h4-7H,1-3H3,(H2,14,15,18). The normalized spacial score (nSPS) is 10.2. The van der Waals surface area contributed by atoms with Crippen molar-refractivity contribution in [2.24, 2.45) is 7.05 Å². The van der Waals surface area contributed by atoms with Crippen molar-refractivity contribution in [2.45, 2.75) is 6.92 Å². The van der Waals surface area contributed by atoms with Gasteiger partial charge in [-0.25, -0.2) is 9.59 Å². The van der Waals surface area contributed by atoms with Gasteiger partial charge in [0.15, 0.2) is 0 Å².